The smallest absolute Gasteiger partial charge is 1.00 e. The predicted octanol–water partition coefficient (Wildman–Crippen LogP) is 0.914. The van der Waals surface area contributed by atoms with Gasteiger partial charge in [0.1, 0.15) is 17.2 Å². The van der Waals surface area contributed by atoms with Crippen molar-refractivity contribution in [2.75, 3.05) is 55.9 Å². The van der Waals surface area contributed by atoms with Crippen LogP contribution < -0.4 is 127 Å². The molecule has 2 heterocycles. The van der Waals surface area contributed by atoms with Gasteiger partial charge < -0.3 is 49.5 Å². The maximum Gasteiger partial charge on any atom is 1.00 e. The number of carbonyl (C=O) groups is 7. The Labute approximate surface area is 481 Å². The number of ether oxygens (including phenoxy) is 8. The molecule has 0 fully saturated rings. The van der Waals surface area contributed by atoms with Crippen LogP contribution in [-0.4, -0.2) is 103 Å². The average Bonchev–Trinajstić information content (AvgIpc) is 3.90. The van der Waals surface area contributed by atoms with Crippen LogP contribution in [0.25, 0.3) is 20.2 Å². The summed E-state index contributed by atoms with van der Waals surface area (Å²) in [5.74, 6) is -2.70. The van der Waals surface area contributed by atoms with Gasteiger partial charge >= 0.3 is 127 Å². The molecular weight excluding hydrogens is 1010 g/mol. The summed E-state index contributed by atoms with van der Waals surface area (Å²) >= 11 is 5.74. The third-order valence-corrected chi connectivity index (χ3v) is 12.3. The third kappa shape index (κ3) is 20.2. The molecule has 2 aromatic carbocycles. The van der Waals surface area contributed by atoms with Gasteiger partial charge in [0.15, 0.2) is 34.6 Å². The van der Waals surface area contributed by atoms with Crippen molar-refractivity contribution in [3.8, 4) is 23.0 Å². The van der Waals surface area contributed by atoms with Crippen LogP contribution in [0.3, 0.4) is 0 Å². The summed E-state index contributed by atoms with van der Waals surface area (Å²) in [6.45, 7) is 11.0. The number of ketones is 2. The molecule has 2 aromatic heterocycles. The van der Waals surface area contributed by atoms with Gasteiger partial charge in [0.2, 0.25) is 0 Å². The Bertz CT molecular complexity index is 2080. The molecule has 65 heavy (non-hydrogen) atoms. The molecule has 0 spiro atoms. The molecule has 0 amide bonds. The summed E-state index contributed by atoms with van der Waals surface area (Å²) in [5.41, 5.74) is 0. The first-order valence-electron chi connectivity index (χ1n) is 19.1. The van der Waals surface area contributed by atoms with Gasteiger partial charge in [-0.3, -0.25) is 33.6 Å². The third-order valence-electron chi connectivity index (χ3n) is 8.60. The Morgan fingerprint density at radius 1 is 0.646 bits per heavy atom. The monoisotopic (exact) mass is 1060 g/mol. The van der Waals surface area contributed by atoms with Gasteiger partial charge in [0.05, 0.1) is 71.5 Å². The molecule has 0 aliphatic heterocycles. The number of benzene rings is 2. The summed E-state index contributed by atoms with van der Waals surface area (Å²) in [5, 5.41) is 10.1. The van der Waals surface area contributed by atoms with E-state index in [1.165, 1.54) is 51.1 Å². The Kier molecular flexibility index (Phi) is 34.3. The number of thiophene rings is 2. The standard InChI is InChI=1S/C21H26O7S.C15H16O5S.C6H11BrO2.CH2O3.2K.H/c1-7-28-21(24)18(17(11(2)3)20(23)27-6)19(22)16-9-12-8-13(25-4)14(26-5)10-15(12)29-16;1-4-20-15(17)7-10(16)14-6-9-5-11(18-2)12(19-3)8-13(9)21-14;1-4(2)5(7)6(8)9-3;2-1-4-3;;;/h8-11,17-18H,7H2,1-6H3;5-6,8H,4,7H2,1-3H3;4-5H,1-3H3;1,3H;;;/q;;;;2*+1;-1/p-1. The van der Waals surface area contributed by atoms with Crippen molar-refractivity contribution < 1.29 is 186 Å². The van der Waals surface area contributed by atoms with Crippen molar-refractivity contribution in [1.82, 2.24) is 0 Å². The second-order valence-corrected chi connectivity index (χ2v) is 16.5. The molecule has 22 heteroatoms. The van der Waals surface area contributed by atoms with Crippen molar-refractivity contribution in [1.29, 1.82) is 0 Å². The zero-order chi connectivity index (χ0) is 48.0. The van der Waals surface area contributed by atoms with Crippen molar-refractivity contribution in [2.45, 2.75) is 52.8 Å². The molecule has 17 nitrogen and oxygen atoms in total. The van der Waals surface area contributed by atoms with E-state index in [0.717, 1.165) is 20.2 Å². The molecule has 3 unspecified atom stereocenters. The minimum Gasteiger partial charge on any atom is -1.00 e. The molecule has 4 aromatic rings. The van der Waals surface area contributed by atoms with Crippen molar-refractivity contribution >= 4 is 101 Å². The number of Topliss-reactive ketones (excluding diaryl/α,β-unsaturated/α-hetero) is 2. The van der Waals surface area contributed by atoms with E-state index >= 15 is 0 Å². The van der Waals surface area contributed by atoms with Crippen LogP contribution in [0.4, 0.5) is 0 Å². The second kappa shape index (κ2) is 34.3. The van der Waals surface area contributed by atoms with Crippen LogP contribution in [-0.2, 0) is 47.8 Å². The molecule has 0 N–H and O–H groups in total. The van der Waals surface area contributed by atoms with Gasteiger partial charge in [-0.2, -0.15) is 0 Å². The van der Waals surface area contributed by atoms with E-state index in [9.17, 15) is 28.8 Å². The van der Waals surface area contributed by atoms with Gasteiger partial charge in [-0.25, -0.2) is 0 Å². The summed E-state index contributed by atoms with van der Waals surface area (Å²) in [6, 6.07) is 10.6. The van der Waals surface area contributed by atoms with Gasteiger partial charge in [-0.05, 0) is 60.7 Å². The van der Waals surface area contributed by atoms with E-state index in [-0.39, 0.29) is 159 Å². The average molecular weight is 1070 g/mol. The molecule has 0 aliphatic carbocycles. The Morgan fingerprint density at radius 3 is 1.42 bits per heavy atom. The number of rotatable bonds is 18. The van der Waals surface area contributed by atoms with Crippen LogP contribution in [0.2, 0.25) is 0 Å². The molecular formula is C43H55BrK2O17S2. The van der Waals surface area contributed by atoms with Gasteiger partial charge in [0, 0.05) is 21.5 Å². The second-order valence-electron chi connectivity index (χ2n) is 13.4. The number of carbonyl (C=O) groups excluding carboxylic acids is 7. The molecule has 0 saturated heterocycles. The molecule has 4 rings (SSSR count). The van der Waals surface area contributed by atoms with Crippen LogP contribution in [0.1, 0.15) is 68.7 Å². The Balaban J connectivity index is -0.000000938. The fraction of sp³-hybridized carbons (Fsp3) is 0.465. The van der Waals surface area contributed by atoms with Crippen LogP contribution in [0.5, 0.6) is 23.0 Å². The number of halogens is 1. The first kappa shape index (κ1) is 65.0. The number of hydrogen-bond acceptors (Lipinski definition) is 19. The maximum absolute atomic E-state index is 13.3. The Morgan fingerprint density at radius 2 is 1.06 bits per heavy atom. The number of hydrogen-bond donors (Lipinski definition) is 0. The van der Waals surface area contributed by atoms with E-state index < -0.39 is 35.5 Å². The van der Waals surface area contributed by atoms with Crippen LogP contribution >= 0.6 is 38.6 Å². The van der Waals surface area contributed by atoms with E-state index in [1.54, 1.807) is 66.2 Å². The maximum atomic E-state index is 13.3. The first-order valence-corrected chi connectivity index (χ1v) is 21.7. The molecule has 0 saturated carbocycles. The fourth-order valence-corrected chi connectivity index (χ4v) is 7.79. The SMILES string of the molecule is CCOC(=O)C(C(=O)c1cc2cc(OC)c(OC)cc2s1)C(C(=O)OC)C(C)C.CCOC(=O)CC(=O)c1cc2cc(OC)c(OC)cc2s1.COC(=O)C(Br)C(C)C.O=CO[O-].[H-].[K+].[K+]. The largest absolute Gasteiger partial charge is 1.00 e. The summed E-state index contributed by atoms with van der Waals surface area (Å²) in [4.78, 5) is 84.4. The van der Waals surface area contributed by atoms with Crippen LogP contribution in [0.15, 0.2) is 36.4 Å². The number of fused-ring (bicyclic) bond motifs is 2. The van der Waals surface area contributed by atoms with Gasteiger partial charge in [-0.15, -0.1) is 22.7 Å². The van der Waals surface area contributed by atoms with E-state index in [2.05, 4.69) is 25.6 Å². The molecule has 3 atom stereocenters. The van der Waals surface area contributed by atoms with E-state index in [4.69, 9.17) is 43.2 Å². The Hall–Kier alpha value is -2.04. The van der Waals surface area contributed by atoms with Crippen LogP contribution in [0, 0.1) is 23.7 Å². The molecule has 0 radical (unpaired) electrons. The van der Waals surface area contributed by atoms with Gasteiger partial charge in [0.25, 0.3) is 6.47 Å². The number of alkyl halides is 1. The zero-order valence-electron chi connectivity index (χ0n) is 40.2. The summed E-state index contributed by atoms with van der Waals surface area (Å²) in [6.07, 6.45) is -0.241. The first-order chi connectivity index (χ1) is 29.9. The van der Waals surface area contributed by atoms with E-state index in [0.29, 0.717) is 32.8 Å². The normalized spacial score (nSPS) is 11.4. The van der Waals surface area contributed by atoms with Crippen molar-refractivity contribution in [3.05, 3.63) is 46.2 Å². The minimum absolute atomic E-state index is 0. The van der Waals surface area contributed by atoms with Crippen molar-refractivity contribution in [3.63, 3.8) is 0 Å². The number of methoxy groups -OCH3 is 6. The quantitative estimate of drug-likeness (QED) is 0.0155. The van der Waals surface area contributed by atoms with E-state index in [1.807, 2.05) is 26.0 Å². The molecule has 350 valence electrons. The topological polar surface area (TPSA) is 226 Å². The number of esters is 4. The molecule has 0 bridgehead atoms. The summed E-state index contributed by atoms with van der Waals surface area (Å²) in [7, 11) is 8.81. The zero-order valence-corrected chi connectivity index (χ0v) is 48.6. The van der Waals surface area contributed by atoms with Crippen molar-refractivity contribution in [2.24, 2.45) is 23.7 Å². The molecule has 0 aliphatic rings. The van der Waals surface area contributed by atoms with Gasteiger partial charge in [-0.1, -0.05) is 43.6 Å². The fourth-order valence-electron chi connectivity index (χ4n) is 5.54. The predicted molar refractivity (Wildman–Crippen MR) is 238 cm³/mol. The minimum atomic E-state index is -1.28. The summed E-state index contributed by atoms with van der Waals surface area (Å²) < 4.78 is 42.0.